The number of aromatic nitrogens is 2. The second-order valence-electron chi connectivity index (χ2n) is 6.08. The van der Waals surface area contributed by atoms with Gasteiger partial charge >= 0.3 is 0 Å². The first kappa shape index (κ1) is 15.1. The fourth-order valence-electron chi connectivity index (χ4n) is 2.73. The Bertz CT molecular complexity index is 637. The Labute approximate surface area is 131 Å². The van der Waals surface area contributed by atoms with E-state index in [1.807, 2.05) is 29.1 Å². The summed E-state index contributed by atoms with van der Waals surface area (Å²) < 4.78 is 7.80. The van der Waals surface area contributed by atoms with Crippen molar-refractivity contribution >= 4 is 0 Å². The summed E-state index contributed by atoms with van der Waals surface area (Å²) in [4.78, 5) is 2.36. The Kier molecular flexibility index (Phi) is 4.45. The van der Waals surface area contributed by atoms with Crippen molar-refractivity contribution in [2.24, 2.45) is 0 Å². The van der Waals surface area contributed by atoms with Gasteiger partial charge < -0.3 is 9.84 Å². The maximum atomic E-state index is 9.30. The number of fused-ring (bicyclic) bond motifs is 1. The van der Waals surface area contributed by atoms with Gasteiger partial charge in [0, 0.05) is 43.0 Å². The number of aliphatic hydroxyl groups excluding tert-OH is 1. The van der Waals surface area contributed by atoms with Crippen LogP contribution in [-0.4, -0.2) is 32.9 Å². The molecule has 0 unspecified atom stereocenters. The van der Waals surface area contributed by atoms with Crippen LogP contribution in [0.1, 0.15) is 36.6 Å². The molecule has 0 atom stereocenters. The molecule has 0 radical (unpaired) electrons. The third kappa shape index (κ3) is 3.31. The van der Waals surface area contributed by atoms with Gasteiger partial charge in [0.25, 0.3) is 0 Å². The summed E-state index contributed by atoms with van der Waals surface area (Å²) in [5.74, 6) is 0.928. The van der Waals surface area contributed by atoms with Crippen molar-refractivity contribution in [3.05, 3.63) is 47.3 Å². The molecule has 0 amide bonds. The van der Waals surface area contributed by atoms with Crippen molar-refractivity contribution in [2.75, 3.05) is 13.2 Å². The fraction of sp³-hybridized carbons (Fsp3) is 0.471. The zero-order chi connectivity index (χ0) is 15.5. The molecule has 0 bridgehead atoms. The first-order chi connectivity index (χ1) is 10.7. The van der Waals surface area contributed by atoms with E-state index in [-0.39, 0.29) is 6.61 Å². The summed E-state index contributed by atoms with van der Waals surface area (Å²) >= 11 is 0. The summed E-state index contributed by atoms with van der Waals surface area (Å²) in [6, 6.07) is 6.29. The van der Waals surface area contributed by atoms with Crippen LogP contribution < -0.4 is 4.74 Å². The van der Waals surface area contributed by atoms with Crippen molar-refractivity contribution in [3.8, 4) is 5.75 Å². The lowest BCUT2D eigenvalue weighted by Crippen LogP contribution is -2.25. The lowest BCUT2D eigenvalue weighted by atomic mass is 10.1. The van der Waals surface area contributed by atoms with Gasteiger partial charge in [0.1, 0.15) is 12.4 Å². The number of hydrogen-bond donors (Lipinski definition) is 1. The van der Waals surface area contributed by atoms with Gasteiger partial charge in [0.2, 0.25) is 0 Å². The summed E-state index contributed by atoms with van der Waals surface area (Å²) in [7, 11) is 0. The third-order valence-electron chi connectivity index (χ3n) is 3.96. The minimum Gasteiger partial charge on any atom is -0.492 e. The summed E-state index contributed by atoms with van der Waals surface area (Å²) in [5, 5.41) is 13.7. The molecule has 0 saturated heterocycles. The minimum absolute atomic E-state index is 0.0639. The van der Waals surface area contributed by atoms with Crippen LogP contribution in [0.15, 0.2) is 30.6 Å². The predicted octanol–water partition coefficient (Wildman–Crippen LogP) is 2.35. The smallest absolute Gasteiger partial charge is 0.123 e. The monoisotopic (exact) mass is 301 g/mol. The van der Waals surface area contributed by atoms with Gasteiger partial charge in [-0.15, -0.1) is 0 Å². The van der Waals surface area contributed by atoms with Gasteiger partial charge in [-0.1, -0.05) is 6.07 Å². The van der Waals surface area contributed by atoms with E-state index in [9.17, 15) is 5.11 Å². The van der Waals surface area contributed by atoms with E-state index >= 15 is 0 Å². The molecule has 1 aromatic heterocycles. The maximum absolute atomic E-state index is 9.30. The van der Waals surface area contributed by atoms with E-state index in [1.165, 1.54) is 5.56 Å². The molecule has 0 aliphatic carbocycles. The first-order valence-electron chi connectivity index (χ1n) is 7.76. The molecule has 2 heterocycles. The highest BCUT2D eigenvalue weighted by Crippen LogP contribution is 2.25. The van der Waals surface area contributed by atoms with E-state index in [4.69, 9.17) is 4.74 Å². The van der Waals surface area contributed by atoms with Crippen molar-refractivity contribution in [3.63, 3.8) is 0 Å². The van der Waals surface area contributed by atoms with Crippen LogP contribution in [0.5, 0.6) is 5.75 Å². The lowest BCUT2D eigenvalue weighted by molar-refractivity contribution is 0.219. The molecule has 5 heteroatoms. The highest BCUT2D eigenvalue weighted by Gasteiger charge is 2.16. The molecule has 1 N–H and O–H groups in total. The molecule has 22 heavy (non-hydrogen) atoms. The standard InChI is InChI=1S/C17H23N3O2/c1-13(2)20-10-15(8-18-20)9-19-5-6-22-17-4-3-14(12-21)7-16(17)11-19/h3-4,7-8,10,13,21H,5-6,9,11-12H2,1-2H3. The minimum atomic E-state index is 0.0639. The van der Waals surface area contributed by atoms with E-state index < -0.39 is 0 Å². The zero-order valence-electron chi connectivity index (χ0n) is 13.2. The number of aliphatic hydroxyl groups is 1. The third-order valence-corrected chi connectivity index (χ3v) is 3.96. The van der Waals surface area contributed by atoms with E-state index in [0.29, 0.717) is 12.6 Å². The van der Waals surface area contributed by atoms with Crippen LogP contribution in [0.2, 0.25) is 0 Å². The molecule has 118 valence electrons. The average Bonchev–Trinajstić information content (AvgIpc) is 2.88. The molecule has 0 spiro atoms. The normalized spacial score (nSPS) is 15.5. The van der Waals surface area contributed by atoms with Gasteiger partial charge in [-0.2, -0.15) is 5.10 Å². The lowest BCUT2D eigenvalue weighted by Gasteiger charge is -2.18. The Morgan fingerprint density at radius 2 is 2.18 bits per heavy atom. The van der Waals surface area contributed by atoms with Gasteiger partial charge in [-0.05, 0) is 31.5 Å². The van der Waals surface area contributed by atoms with E-state index in [0.717, 1.165) is 36.5 Å². The van der Waals surface area contributed by atoms with Crippen LogP contribution >= 0.6 is 0 Å². The van der Waals surface area contributed by atoms with Crippen molar-refractivity contribution in [1.82, 2.24) is 14.7 Å². The van der Waals surface area contributed by atoms with Gasteiger partial charge in [-0.25, -0.2) is 0 Å². The van der Waals surface area contributed by atoms with Crippen molar-refractivity contribution in [2.45, 2.75) is 39.6 Å². The zero-order valence-corrected chi connectivity index (χ0v) is 13.2. The molecule has 5 nitrogen and oxygen atoms in total. The van der Waals surface area contributed by atoms with Gasteiger partial charge in [0.15, 0.2) is 0 Å². The number of benzene rings is 1. The maximum Gasteiger partial charge on any atom is 0.123 e. The first-order valence-corrected chi connectivity index (χ1v) is 7.76. The van der Waals surface area contributed by atoms with Gasteiger partial charge in [0.05, 0.1) is 12.8 Å². The topological polar surface area (TPSA) is 50.5 Å². The Morgan fingerprint density at radius 1 is 1.32 bits per heavy atom. The highest BCUT2D eigenvalue weighted by molar-refractivity contribution is 5.37. The van der Waals surface area contributed by atoms with Crippen molar-refractivity contribution < 1.29 is 9.84 Å². The molecule has 0 saturated carbocycles. The van der Waals surface area contributed by atoms with Gasteiger partial charge in [-0.3, -0.25) is 9.58 Å². The molecule has 1 aromatic carbocycles. The van der Waals surface area contributed by atoms with Crippen LogP contribution in [0, 0.1) is 0 Å². The van der Waals surface area contributed by atoms with Crippen LogP contribution in [0.25, 0.3) is 0 Å². The largest absolute Gasteiger partial charge is 0.492 e. The van der Waals surface area contributed by atoms with E-state index in [2.05, 4.69) is 30.0 Å². The predicted molar refractivity (Wildman–Crippen MR) is 84.6 cm³/mol. The Morgan fingerprint density at radius 3 is 2.91 bits per heavy atom. The second kappa shape index (κ2) is 6.50. The summed E-state index contributed by atoms with van der Waals surface area (Å²) in [5.41, 5.74) is 3.28. The molecule has 1 aliphatic heterocycles. The summed E-state index contributed by atoms with van der Waals surface area (Å²) in [6.45, 7) is 7.58. The molecular formula is C17H23N3O2. The van der Waals surface area contributed by atoms with Crippen molar-refractivity contribution in [1.29, 1.82) is 0 Å². The number of nitrogens with zero attached hydrogens (tertiary/aromatic N) is 3. The highest BCUT2D eigenvalue weighted by atomic mass is 16.5. The second-order valence-corrected chi connectivity index (χ2v) is 6.08. The number of ether oxygens (including phenoxy) is 1. The quantitative estimate of drug-likeness (QED) is 0.942. The molecular weight excluding hydrogens is 278 g/mol. The van der Waals surface area contributed by atoms with E-state index in [1.54, 1.807) is 0 Å². The molecule has 1 aliphatic rings. The fourth-order valence-corrected chi connectivity index (χ4v) is 2.73. The van der Waals surface area contributed by atoms with Crippen LogP contribution in [0.4, 0.5) is 0 Å². The SMILES string of the molecule is CC(C)n1cc(CN2CCOc3ccc(CO)cc3C2)cn1. The van der Waals surface area contributed by atoms with Crippen LogP contribution in [-0.2, 0) is 19.7 Å². The Balaban J connectivity index is 1.74. The number of hydrogen-bond acceptors (Lipinski definition) is 4. The number of rotatable bonds is 4. The van der Waals surface area contributed by atoms with Crippen LogP contribution in [0.3, 0.4) is 0 Å². The molecule has 0 fully saturated rings. The molecule has 3 rings (SSSR count). The Hall–Kier alpha value is -1.85. The average molecular weight is 301 g/mol. The molecule has 2 aromatic rings. The summed E-state index contributed by atoms with van der Waals surface area (Å²) in [6.07, 6.45) is 4.05.